The summed E-state index contributed by atoms with van der Waals surface area (Å²) in [6.07, 6.45) is 0. The highest BCUT2D eigenvalue weighted by Gasteiger charge is 2.11. The van der Waals surface area contributed by atoms with Gasteiger partial charge in [0.2, 0.25) is 0 Å². The molecule has 1 amide bonds. The Labute approximate surface area is 105 Å². The van der Waals surface area contributed by atoms with Crippen LogP contribution in [0.3, 0.4) is 0 Å². The van der Waals surface area contributed by atoms with Gasteiger partial charge >= 0.3 is 0 Å². The monoisotopic (exact) mass is 296 g/mol. The van der Waals surface area contributed by atoms with Crippen LogP contribution in [0.4, 0.5) is 11.4 Å². The molecule has 1 heterocycles. The van der Waals surface area contributed by atoms with Gasteiger partial charge in [-0.15, -0.1) is 11.3 Å². The fraction of sp³-hybridized carbons (Fsp3) is 0. The molecule has 0 bridgehead atoms. The number of benzene rings is 1. The van der Waals surface area contributed by atoms with Gasteiger partial charge in [-0.2, -0.15) is 0 Å². The number of carbonyl (C=O) groups is 1. The largest absolute Gasteiger partial charge is 0.397 e. The summed E-state index contributed by atoms with van der Waals surface area (Å²) in [5.74, 6) is -0.175. The zero-order valence-corrected chi connectivity index (χ0v) is 10.6. The second-order valence-corrected chi connectivity index (χ2v) is 5.00. The molecule has 2 rings (SSSR count). The highest BCUT2D eigenvalue weighted by Crippen LogP contribution is 2.21. The molecule has 0 fully saturated rings. The second kappa shape index (κ2) is 4.67. The number of nitrogen functional groups attached to an aromatic ring is 1. The summed E-state index contributed by atoms with van der Waals surface area (Å²) in [4.78, 5) is 12.4. The van der Waals surface area contributed by atoms with Crippen molar-refractivity contribution in [3.63, 3.8) is 0 Å². The number of thiophene rings is 1. The van der Waals surface area contributed by atoms with E-state index in [9.17, 15) is 4.79 Å². The minimum atomic E-state index is -0.175. The molecule has 0 aliphatic heterocycles. The number of rotatable bonds is 2. The summed E-state index contributed by atoms with van der Waals surface area (Å²) >= 11 is 4.67. The van der Waals surface area contributed by atoms with Gasteiger partial charge in [0.15, 0.2) is 0 Å². The van der Waals surface area contributed by atoms with Gasteiger partial charge in [0.1, 0.15) is 4.88 Å². The average molecular weight is 297 g/mol. The summed E-state index contributed by atoms with van der Waals surface area (Å²) in [5.41, 5.74) is 6.92. The van der Waals surface area contributed by atoms with E-state index in [4.69, 9.17) is 5.73 Å². The summed E-state index contributed by atoms with van der Waals surface area (Å²) in [6.45, 7) is 0. The molecule has 0 atom stereocenters. The van der Waals surface area contributed by atoms with E-state index in [2.05, 4.69) is 21.2 Å². The lowest BCUT2D eigenvalue weighted by molar-refractivity contribution is 0.103. The molecular weight excluding hydrogens is 288 g/mol. The van der Waals surface area contributed by atoms with Crippen LogP contribution >= 0.6 is 27.3 Å². The van der Waals surface area contributed by atoms with E-state index in [1.54, 1.807) is 11.4 Å². The first-order chi connectivity index (χ1) is 7.66. The molecule has 3 N–H and O–H groups in total. The van der Waals surface area contributed by atoms with Crippen LogP contribution in [-0.2, 0) is 0 Å². The number of amides is 1. The molecule has 0 saturated heterocycles. The molecular formula is C11H9BrN2OS. The number of nitrogens with one attached hydrogen (secondary N) is 1. The number of hydrogen-bond donors (Lipinski definition) is 2. The summed E-state index contributed by atoms with van der Waals surface area (Å²) < 4.78 is 0.921. The van der Waals surface area contributed by atoms with Crippen LogP contribution < -0.4 is 11.1 Å². The fourth-order valence-corrected chi connectivity index (χ4v) is 2.37. The molecule has 1 aromatic carbocycles. The molecule has 82 valence electrons. The van der Waals surface area contributed by atoms with Crippen molar-refractivity contribution in [1.82, 2.24) is 0 Å². The number of nitrogens with two attached hydrogens (primary N) is 1. The van der Waals surface area contributed by atoms with Gasteiger partial charge in [-0.25, -0.2) is 0 Å². The average Bonchev–Trinajstić information content (AvgIpc) is 2.64. The third-order valence-corrected chi connectivity index (χ3v) is 3.41. The van der Waals surface area contributed by atoms with Crippen molar-refractivity contribution in [2.45, 2.75) is 0 Å². The zero-order chi connectivity index (χ0) is 11.5. The molecule has 2 aromatic rings. The molecule has 1 aromatic heterocycles. The van der Waals surface area contributed by atoms with Crippen molar-refractivity contribution in [1.29, 1.82) is 0 Å². The Morgan fingerprint density at radius 3 is 2.81 bits per heavy atom. The summed E-state index contributed by atoms with van der Waals surface area (Å²) in [5, 5.41) is 4.58. The zero-order valence-electron chi connectivity index (χ0n) is 8.24. The summed E-state index contributed by atoms with van der Waals surface area (Å²) in [7, 11) is 0. The van der Waals surface area contributed by atoms with E-state index >= 15 is 0 Å². The lowest BCUT2D eigenvalue weighted by Crippen LogP contribution is -2.11. The molecule has 0 aliphatic rings. The number of anilines is 2. The Hall–Kier alpha value is -1.33. The smallest absolute Gasteiger partial charge is 0.267 e. The van der Waals surface area contributed by atoms with Crippen molar-refractivity contribution in [3.05, 3.63) is 45.1 Å². The molecule has 0 spiro atoms. The van der Waals surface area contributed by atoms with Crippen molar-refractivity contribution in [2.24, 2.45) is 0 Å². The van der Waals surface area contributed by atoms with Crippen molar-refractivity contribution < 1.29 is 4.79 Å². The maximum Gasteiger partial charge on any atom is 0.267 e. The molecule has 3 nitrogen and oxygen atoms in total. The van der Waals surface area contributed by atoms with E-state index < -0.39 is 0 Å². The first-order valence-corrected chi connectivity index (χ1v) is 6.24. The SMILES string of the molecule is Nc1ccsc1C(=O)Nc1cccc(Br)c1. The van der Waals surface area contributed by atoms with Gasteiger partial charge in [0.25, 0.3) is 5.91 Å². The van der Waals surface area contributed by atoms with Crippen LogP contribution in [0.5, 0.6) is 0 Å². The van der Waals surface area contributed by atoms with E-state index in [0.29, 0.717) is 10.6 Å². The highest BCUT2D eigenvalue weighted by molar-refractivity contribution is 9.10. The number of carbonyl (C=O) groups excluding carboxylic acids is 1. The Balaban J connectivity index is 2.17. The maximum atomic E-state index is 11.8. The lowest BCUT2D eigenvalue weighted by atomic mass is 10.3. The molecule has 5 heteroatoms. The summed E-state index contributed by atoms with van der Waals surface area (Å²) in [6, 6.07) is 9.14. The quantitative estimate of drug-likeness (QED) is 0.893. The molecule has 0 radical (unpaired) electrons. The number of hydrogen-bond acceptors (Lipinski definition) is 3. The number of halogens is 1. The molecule has 0 aliphatic carbocycles. The van der Waals surface area contributed by atoms with Crippen molar-refractivity contribution >= 4 is 44.5 Å². The van der Waals surface area contributed by atoms with Crippen LogP contribution in [-0.4, -0.2) is 5.91 Å². The van der Waals surface area contributed by atoms with Crippen LogP contribution in [0, 0.1) is 0 Å². The predicted molar refractivity (Wildman–Crippen MR) is 70.8 cm³/mol. The third-order valence-electron chi connectivity index (χ3n) is 1.98. The standard InChI is InChI=1S/C11H9BrN2OS/c12-7-2-1-3-8(6-7)14-11(15)10-9(13)4-5-16-10/h1-6H,13H2,(H,14,15). The first-order valence-electron chi connectivity index (χ1n) is 4.56. The van der Waals surface area contributed by atoms with E-state index in [1.807, 2.05) is 24.3 Å². The van der Waals surface area contributed by atoms with Crippen LogP contribution in [0.1, 0.15) is 9.67 Å². The van der Waals surface area contributed by atoms with Crippen LogP contribution in [0.2, 0.25) is 0 Å². The van der Waals surface area contributed by atoms with Gasteiger partial charge in [-0.05, 0) is 29.6 Å². The minimum absolute atomic E-state index is 0.175. The first kappa shape index (κ1) is 11.2. The minimum Gasteiger partial charge on any atom is -0.397 e. The van der Waals surface area contributed by atoms with Gasteiger partial charge in [0, 0.05) is 10.2 Å². The van der Waals surface area contributed by atoms with Crippen molar-refractivity contribution in [3.8, 4) is 0 Å². The lowest BCUT2D eigenvalue weighted by Gasteiger charge is -2.04. The molecule has 0 unspecified atom stereocenters. The second-order valence-electron chi connectivity index (χ2n) is 3.17. The highest BCUT2D eigenvalue weighted by atomic mass is 79.9. The Morgan fingerprint density at radius 2 is 2.19 bits per heavy atom. The third kappa shape index (κ3) is 2.43. The Morgan fingerprint density at radius 1 is 1.38 bits per heavy atom. The van der Waals surface area contributed by atoms with Gasteiger partial charge < -0.3 is 11.1 Å². The van der Waals surface area contributed by atoms with Gasteiger partial charge in [0.05, 0.1) is 5.69 Å². The van der Waals surface area contributed by atoms with E-state index in [0.717, 1.165) is 10.2 Å². The van der Waals surface area contributed by atoms with Crippen LogP contribution in [0.15, 0.2) is 40.2 Å². The van der Waals surface area contributed by atoms with Crippen LogP contribution in [0.25, 0.3) is 0 Å². The molecule has 0 saturated carbocycles. The molecule has 16 heavy (non-hydrogen) atoms. The fourth-order valence-electron chi connectivity index (χ4n) is 1.26. The van der Waals surface area contributed by atoms with E-state index in [1.165, 1.54) is 11.3 Å². The topological polar surface area (TPSA) is 55.1 Å². The van der Waals surface area contributed by atoms with Gasteiger partial charge in [-0.3, -0.25) is 4.79 Å². The van der Waals surface area contributed by atoms with Crippen molar-refractivity contribution in [2.75, 3.05) is 11.1 Å². The predicted octanol–water partition coefficient (Wildman–Crippen LogP) is 3.35. The van der Waals surface area contributed by atoms with E-state index in [-0.39, 0.29) is 5.91 Å². The Kier molecular flexibility index (Phi) is 3.26. The van der Waals surface area contributed by atoms with Gasteiger partial charge in [-0.1, -0.05) is 22.0 Å². The maximum absolute atomic E-state index is 11.8. The normalized spacial score (nSPS) is 10.1. The Bertz CT molecular complexity index is 524.